The summed E-state index contributed by atoms with van der Waals surface area (Å²) in [4.78, 5) is 47.8. The van der Waals surface area contributed by atoms with E-state index in [4.69, 9.17) is 16.3 Å². The van der Waals surface area contributed by atoms with Crippen LogP contribution in [0.1, 0.15) is 48.4 Å². The third kappa shape index (κ3) is 7.81. The van der Waals surface area contributed by atoms with Gasteiger partial charge in [0.05, 0.1) is 46.2 Å². The lowest BCUT2D eigenvalue weighted by Gasteiger charge is -2.21. The van der Waals surface area contributed by atoms with Gasteiger partial charge in [0.15, 0.2) is 0 Å². The van der Waals surface area contributed by atoms with Crippen LogP contribution >= 0.6 is 11.6 Å². The van der Waals surface area contributed by atoms with E-state index >= 15 is 0 Å². The fourth-order valence-electron chi connectivity index (χ4n) is 3.58. The second kappa shape index (κ2) is 13.1. The first kappa shape index (κ1) is 30.1. The SMILES string of the molecule is COC(=O)c1ccc(Cl)c(NC(=O)C(C)C(=O)C(C)(C)C)c1.O=C(Oc1ccccc1)c1ccc2c(c1)NNN2. The minimum Gasteiger partial charge on any atom is -0.465 e. The molecule has 10 nitrogen and oxygen atoms in total. The van der Waals surface area contributed by atoms with E-state index in [1.165, 1.54) is 25.3 Å². The van der Waals surface area contributed by atoms with Crippen LogP contribution in [0.2, 0.25) is 5.02 Å². The van der Waals surface area contributed by atoms with E-state index < -0.39 is 23.2 Å². The van der Waals surface area contributed by atoms with Crippen LogP contribution in [0, 0.1) is 11.3 Å². The summed E-state index contributed by atoms with van der Waals surface area (Å²) >= 11 is 6.01. The molecule has 0 bridgehead atoms. The van der Waals surface area contributed by atoms with Crippen LogP contribution in [0.5, 0.6) is 5.75 Å². The van der Waals surface area contributed by atoms with E-state index in [2.05, 4.69) is 26.4 Å². The maximum Gasteiger partial charge on any atom is 0.343 e. The lowest BCUT2D eigenvalue weighted by molar-refractivity contribution is -0.135. The molecule has 1 atom stereocenters. The average Bonchev–Trinajstić information content (AvgIpc) is 3.41. The summed E-state index contributed by atoms with van der Waals surface area (Å²) in [5.41, 5.74) is 10.7. The van der Waals surface area contributed by atoms with Gasteiger partial charge in [0.2, 0.25) is 5.91 Å². The molecule has 0 spiro atoms. The summed E-state index contributed by atoms with van der Waals surface area (Å²) in [6.07, 6.45) is 0. The number of rotatable bonds is 6. The number of halogens is 1. The average molecular weight is 567 g/mol. The first-order chi connectivity index (χ1) is 18.9. The molecule has 0 saturated heterocycles. The number of para-hydroxylation sites is 1. The molecule has 4 N–H and O–H groups in total. The molecule has 11 heteroatoms. The number of methoxy groups -OCH3 is 1. The quantitative estimate of drug-likeness (QED) is 0.174. The molecule has 1 heterocycles. The number of benzene rings is 3. The van der Waals surface area contributed by atoms with Crippen LogP contribution in [0.3, 0.4) is 0 Å². The predicted octanol–water partition coefficient (Wildman–Crippen LogP) is 5.48. The van der Waals surface area contributed by atoms with Crippen molar-refractivity contribution in [3.63, 3.8) is 0 Å². The Labute approximate surface area is 237 Å². The van der Waals surface area contributed by atoms with Gasteiger partial charge in [-0.05, 0) is 55.5 Å². The second-order valence-corrected chi connectivity index (χ2v) is 10.3. The third-order valence-electron chi connectivity index (χ3n) is 5.77. The van der Waals surface area contributed by atoms with Gasteiger partial charge in [0, 0.05) is 5.41 Å². The standard InChI is InChI=1S/C16H20ClNO4.C13H11N3O2/c1-9(13(19)16(2,3)4)14(20)18-12-8-10(15(21)22-5)6-7-11(12)17;17-13(18-10-4-2-1-3-5-10)9-6-7-11-12(8-9)15-16-14-11/h6-9H,1-5H3,(H,18,20);1-8,14-16H. The number of hydrogen-bond donors (Lipinski definition) is 4. The van der Waals surface area contributed by atoms with Gasteiger partial charge in [-0.25, -0.2) is 9.59 Å². The summed E-state index contributed by atoms with van der Waals surface area (Å²) in [7, 11) is 1.26. The lowest BCUT2D eigenvalue weighted by Crippen LogP contribution is -2.34. The highest BCUT2D eigenvalue weighted by Gasteiger charge is 2.31. The minimum atomic E-state index is -0.821. The van der Waals surface area contributed by atoms with E-state index in [9.17, 15) is 19.2 Å². The van der Waals surface area contributed by atoms with Crippen LogP contribution in [0.25, 0.3) is 0 Å². The summed E-state index contributed by atoms with van der Waals surface area (Å²) in [5.74, 6) is -1.84. The normalized spacial score (nSPS) is 12.3. The fraction of sp³-hybridized carbons (Fsp3) is 0.241. The molecular formula is C29H31ClN4O6. The topological polar surface area (TPSA) is 135 Å². The number of ether oxygens (including phenoxy) is 2. The van der Waals surface area contributed by atoms with Crippen molar-refractivity contribution in [3.8, 4) is 5.75 Å². The van der Waals surface area contributed by atoms with Crippen LogP contribution in [0.4, 0.5) is 17.1 Å². The Hall–Kier alpha value is -4.41. The first-order valence-electron chi connectivity index (χ1n) is 12.3. The highest BCUT2D eigenvalue weighted by atomic mass is 35.5. The highest BCUT2D eigenvalue weighted by molar-refractivity contribution is 6.34. The Balaban J connectivity index is 0.000000224. The second-order valence-electron chi connectivity index (χ2n) is 9.85. The number of amides is 1. The largest absolute Gasteiger partial charge is 0.465 e. The maximum atomic E-state index is 12.2. The van der Waals surface area contributed by atoms with Gasteiger partial charge in [-0.1, -0.05) is 50.6 Å². The molecule has 1 unspecified atom stereocenters. The van der Waals surface area contributed by atoms with Crippen molar-refractivity contribution in [2.75, 3.05) is 23.3 Å². The predicted molar refractivity (Wildman–Crippen MR) is 153 cm³/mol. The molecule has 0 fully saturated rings. The maximum absolute atomic E-state index is 12.2. The molecular weight excluding hydrogens is 536 g/mol. The van der Waals surface area contributed by atoms with Crippen LogP contribution in [-0.2, 0) is 14.3 Å². The zero-order chi connectivity index (χ0) is 29.4. The van der Waals surface area contributed by atoms with Gasteiger partial charge < -0.3 is 25.6 Å². The minimum absolute atomic E-state index is 0.176. The van der Waals surface area contributed by atoms with E-state index in [1.54, 1.807) is 52.0 Å². The zero-order valence-corrected chi connectivity index (χ0v) is 23.5. The van der Waals surface area contributed by atoms with E-state index in [-0.39, 0.29) is 28.0 Å². The Bertz CT molecular complexity index is 1410. The van der Waals surface area contributed by atoms with Crippen molar-refractivity contribution in [1.29, 1.82) is 0 Å². The molecule has 0 aromatic heterocycles. The van der Waals surface area contributed by atoms with Crippen molar-refractivity contribution in [2.24, 2.45) is 11.3 Å². The Morgan fingerprint density at radius 2 is 1.48 bits per heavy atom. The Kier molecular flexibility index (Phi) is 9.87. The number of carbonyl (C=O) groups is 4. The number of carbonyl (C=O) groups excluding carboxylic acids is 4. The number of hydrogen-bond acceptors (Lipinski definition) is 9. The number of hydrazine groups is 2. The molecule has 0 aliphatic carbocycles. The van der Waals surface area contributed by atoms with Crippen LogP contribution in [0.15, 0.2) is 66.7 Å². The molecule has 1 aliphatic rings. The number of Topliss-reactive ketones (excluding diaryl/α,β-unsaturated/α-hetero) is 1. The Morgan fingerprint density at radius 1 is 0.850 bits per heavy atom. The van der Waals surface area contributed by atoms with Gasteiger partial charge in [-0.2, -0.15) is 0 Å². The zero-order valence-electron chi connectivity index (χ0n) is 22.8. The number of anilines is 3. The van der Waals surface area contributed by atoms with Crippen molar-refractivity contribution >= 4 is 52.3 Å². The molecule has 0 radical (unpaired) electrons. The van der Waals surface area contributed by atoms with Crippen molar-refractivity contribution in [1.82, 2.24) is 5.53 Å². The van der Waals surface area contributed by atoms with Gasteiger partial charge in [-0.15, -0.1) is 5.53 Å². The molecule has 3 aromatic rings. The van der Waals surface area contributed by atoms with E-state index in [0.29, 0.717) is 11.3 Å². The highest BCUT2D eigenvalue weighted by Crippen LogP contribution is 2.27. The van der Waals surface area contributed by atoms with Crippen molar-refractivity contribution in [2.45, 2.75) is 27.7 Å². The van der Waals surface area contributed by atoms with Gasteiger partial charge in [-0.3, -0.25) is 9.59 Å². The first-order valence-corrected chi connectivity index (χ1v) is 12.7. The Morgan fingerprint density at radius 3 is 2.12 bits per heavy atom. The molecule has 210 valence electrons. The number of esters is 2. The fourth-order valence-corrected chi connectivity index (χ4v) is 3.74. The number of fused-ring (bicyclic) bond motifs is 1. The van der Waals surface area contributed by atoms with Crippen LogP contribution in [-0.4, -0.2) is 30.7 Å². The third-order valence-corrected chi connectivity index (χ3v) is 6.10. The summed E-state index contributed by atoms with van der Waals surface area (Å²) in [6.45, 7) is 6.80. The summed E-state index contributed by atoms with van der Waals surface area (Å²) in [5, 5.41) is 2.86. The van der Waals surface area contributed by atoms with Crippen molar-refractivity contribution < 1.29 is 28.7 Å². The van der Waals surface area contributed by atoms with Gasteiger partial charge >= 0.3 is 11.9 Å². The van der Waals surface area contributed by atoms with Crippen LogP contribution < -0.4 is 26.4 Å². The molecule has 40 heavy (non-hydrogen) atoms. The number of nitrogens with one attached hydrogen (secondary N) is 4. The molecule has 1 aliphatic heterocycles. The number of ketones is 1. The lowest BCUT2D eigenvalue weighted by atomic mass is 9.83. The molecule has 0 saturated carbocycles. The monoisotopic (exact) mass is 566 g/mol. The van der Waals surface area contributed by atoms with Crippen molar-refractivity contribution in [3.05, 3.63) is 82.9 Å². The van der Waals surface area contributed by atoms with E-state index in [0.717, 1.165) is 11.4 Å². The molecule has 1 amide bonds. The smallest absolute Gasteiger partial charge is 0.343 e. The van der Waals surface area contributed by atoms with Gasteiger partial charge in [0.25, 0.3) is 0 Å². The van der Waals surface area contributed by atoms with E-state index in [1.807, 2.05) is 24.3 Å². The summed E-state index contributed by atoms with van der Waals surface area (Å²) < 4.78 is 9.87. The molecule has 3 aromatic carbocycles. The summed E-state index contributed by atoms with van der Waals surface area (Å²) in [6, 6.07) is 18.6. The van der Waals surface area contributed by atoms with Gasteiger partial charge in [0.1, 0.15) is 11.5 Å². The molecule has 4 rings (SSSR count).